The fourth-order valence-electron chi connectivity index (χ4n) is 5.81. The van der Waals surface area contributed by atoms with Gasteiger partial charge < -0.3 is 29.7 Å². The van der Waals surface area contributed by atoms with E-state index in [-0.39, 0.29) is 54.4 Å². The van der Waals surface area contributed by atoms with Gasteiger partial charge in [-0.3, -0.25) is 4.79 Å². The van der Waals surface area contributed by atoms with Gasteiger partial charge in [0.2, 0.25) is 5.60 Å². The number of pyridine rings is 1. The number of ether oxygens (including phenoxy) is 3. The van der Waals surface area contributed by atoms with Gasteiger partial charge in [0, 0.05) is 41.1 Å². The minimum atomic E-state index is -5.23. The Hall–Kier alpha value is -4.52. The topological polar surface area (TPSA) is 110 Å². The highest BCUT2D eigenvalue weighted by Gasteiger charge is 2.57. The molecule has 0 amide bonds. The molecule has 260 valence electrons. The third-order valence-electron chi connectivity index (χ3n) is 8.81. The van der Waals surface area contributed by atoms with Crippen molar-refractivity contribution in [2.75, 3.05) is 33.5 Å². The van der Waals surface area contributed by atoms with Crippen LogP contribution in [0.4, 0.5) is 17.6 Å². The Balaban J connectivity index is 1.51. The summed E-state index contributed by atoms with van der Waals surface area (Å²) >= 11 is 0. The van der Waals surface area contributed by atoms with Crippen LogP contribution in [0.3, 0.4) is 0 Å². The number of fused-ring (bicyclic) bond motifs is 1. The number of aliphatic hydroxyl groups is 2. The number of nitrogens with zero attached hydrogens (tertiary/aromatic N) is 1. The average Bonchev–Trinajstić information content (AvgIpc) is 3.44. The molecule has 0 spiro atoms. The molecule has 1 aliphatic rings. The number of carbonyl (C=O) groups is 1. The first-order valence-electron chi connectivity index (χ1n) is 15.8. The van der Waals surface area contributed by atoms with Gasteiger partial charge in [0.25, 0.3) is 0 Å². The van der Waals surface area contributed by atoms with E-state index in [0.29, 0.717) is 17.7 Å². The maximum atomic E-state index is 15.0. The SMILES string of the molecule is COc1cc(C(=O)CC[C@](O)(c2cc3c(c(-c4ccc(F)cc4)n2)OC[C@@]3(C)CN[C@@H](C)c2ccccc2)C(F)(F)F)ccc1OCCO. The number of rotatable bonds is 14. The Bertz CT molecular complexity index is 1770. The van der Waals surface area contributed by atoms with E-state index in [4.69, 9.17) is 19.3 Å². The maximum Gasteiger partial charge on any atom is 0.422 e. The minimum absolute atomic E-state index is 0.0181. The zero-order chi connectivity index (χ0) is 35.4. The highest BCUT2D eigenvalue weighted by atomic mass is 19.4. The van der Waals surface area contributed by atoms with Crippen molar-refractivity contribution in [2.24, 2.45) is 0 Å². The summed E-state index contributed by atoms with van der Waals surface area (Å²) in [5.41, 5.74) is -3.31. The number of benzene rings is 3. The van der Waals surface area contributed by atoms with Crippen molar-refractivity contribution in [1.82, 2.24) is 10.3 Å². The number of carbonyl (C=O) groups excluding carboxylic acids is 1. The first-order chi connectivity index (χ1) is 23.3. The molecule has 3 atom stereocenters. The van der Waals surface area contributed by atoms with Gasteiger partial charge in [-0.2, -0.15) is 13.2 Å². The van der Waals surface area contributed by atoms with E-state index >= 15 is 0 Å². The largest absolute Gasteiger partial charge is 0.493 e. The molecule has 49 heavy (non-hydrogen) atoms. The van der Waals surface area contributed by atoms with Crippen LogP contribution in [-0.2, 0) is 11.0 Å². The number of ketones is 1. The Morgan fingerprint density at radius 1 is 1.06 bits per heavy atom. The van der Waals surface area contributed by atoms with Gasteiger partial charge in [-0.1, -0.05) is 37.3 Å². The van der Waals surface area contributed by atoms with Crippen molar-refractivity contribution in [2.45, 2.75) is 49.9 Å². The van der Waals surface area contributed by atoms with Crippen molar-refractivity contribution in [3.8, 4) is 28.5 Å². The Morgan fingerprint density at radius 3 is 2.43 bits per heavy atom. The van der Waals surface area contributed by atoms with Gasteiger partial charge in [-0.15, -0.1) is 0 Å². The maximum absolute atomic E-state index is 15.0. The molecule has 0 bridgehead atoms. The number of nitrogens with one attached hydrogen (secondary N) is 1. The quantitative estimate of drug-likeness (QED) is 0.0999. The first kappa shape index (κ1) is 35.8. The lowest BCUT2D eigenvalue weighted by atomic mass is 9.81. The summed E-state index contributed by atoms with van der Waals surface area (Å²) in [5.74, 6) is -0.584. The van der Waals surface area contributed by atoms with E-state index in [1.165, 1.54) is 43.5 Å². The third-order valence-corrected chi connectivity index (χ3v) is 8.81. The summed E-state index contributed by atoms with van der Waals surface area (Å²) in [6, 6.07) is 20.0. The van der Waals surface area contributed by atoms with Gasteiger partial charge >= 0.3 is 6.18 Å². The second-order valence-corrected chi connectivity index (χ2v) is 12.3. The fourth-order valence-corrected chi connectivity index (χ4v) is 5.81. The van der Waals surface area contributed by atoms with E-state index in [1.54, 1.807) is 0 Å². The van der Waals surface area contributed by atoms with Crippen LogP contribution in [-0.4, -0.2) is 60.6 Å². The molecule has 0 fully saturated rings. The number of methoxy groups -OCH3 is 1. The van der Waals surface area contributed by atoms with E-state index < -0.39 is 47.3 Å². The van der Waals surface area contributed by atoms with E-state index in [1.807, 2.05) is 44.2 Å². The Labute approximate surface area is 281 Å². The number of Topliss-reactive ketones (excluding diaryl/α,β-unsaturated/α-hetero) is 1. The van der Waals surface area contributed by atoms with Gasteiger partial charge in [-0.25, -0.2) is 9.37 Å². The minimum Gasteiger partial charge on any atom is -0.493 e. The van der Waals surface area contributed by atoms with Crippen LogP contribution in [0.2, 0.25) is 0 Å². The molecule has 1 aliphatic heterocycles. The van der Waals surface area contributed by atoms with E-state index in [9.17, 15) is 27.5 Å². The molecule has 4 aromatic rings. The predicted octanol–water partition coefficient (Wildman–Crippen LogP) is 6.68. The van der Waals surface area contributed by atoms with Crippen molar-refractivity contribution < 1.29 is 46.8 Å². The summed E-state index contributed by atoms with van der Waals surface area (Å²) < 4.78 is 75.4. The van der Waals surface area contributed by atoms with Crippen LogP contribution in [0.1, 0.15) is 59.9 Å². The molecule has 0 saturated carbocycles. The molecule has 0 radical (unpaired) electrons. The standard InChI is InChI=1S/C37H38F4N2O6/c1-23(24-7-5-4-6-8-24)42-21-35(2)22-49-34-28(35)20-32(43-33(34)25-9-12-27(38)13-10-25)36(46,37(39,40)41)16-15-29(45)26-11-14-30(48-18-17-44)31(19-26)47-3/h4-14,19-20,23,42,44,46H,15-18,21-22H2,1-3H3/t23-,35+,36-/m0/s1. The number of aliphatic hydroxyl groups excluding tert-OH is 1. The molecule has 12 heteroatoms. The second kappa shape index (κ2) is 14.5. The van der Waals surface area contributed by atoms with Crippen LogP contribution in [0.15, 0.2) is 78.9 Å². The summed E-state index contributed by atoms with van der Waals surface area (Å²) in [5, 5.41) is 24.0. The number of hydrogen-bond acceptors (Lipinski definition) is 8. The van der Waals surface area contributed by atoms with Crippen molar-refractivity contribution in [1.29, 1.82) is 0 Å². The summed E-state index contributed by atoms with van der Waals surface area (Å²) in [4.78, 5) is 17.5. The smallest absolute Gasteiger partial charge is 0.422 e. The van der Waals surface area contributed by atoms with Gasteiger partial charge in [0.05, 0.1) is 26.0 Å². The molecule has 3 aromatic carbocycles. The van der Waals surface area contributed by atoms with E-state index in [2.05, 4.69) is 10.3 Å². The van der Waals surface area contributed by atoms with Crippen LogP contribution in [0.5, 0.6) is 17.2 Å². The Morgan fingerprint density at radius 2 is 1.78 bits per heavy atom. The van der Waals surface area contributed by atoms with Crippen LogP contribution in [0.25, 0.3) is 11.3 Å². The molecule has 8 nitrogen and oxygen atoms in total. The van der Waals surface area contributed by atoms with Crippen LogP contribution in [0, 0.1) is 5.82 Å². The first-order valence-corrected chi connectivity index (χ1v) is 15.8. The molecular formula is C37H38F4N2O6. The zero-order valence-electron chi connectivity index (χ0n) is 27.3. The predicted molar refractivity (Wildman–Crippen MR) is 174 cm³/mol. The number of alkyl halides is 3. The van der Waals surface area contributed by atoms with E-state index in [0.717, 1.165) is 17.7 Å². The van der Waals surface area contributed by atoms with Crippen LogP contribution < -0.4 is 19.5 Å². The van der Waals surface area contributed by atoms with Crippen molar-refractivity contribution in [3.05, 3.63) is 107 Å². The average molecular weight is 683 g/mol. The normalized spacial score (nSPS) is 17.5. The molecule has 0 aliphatic carbocycles. The summed E-state index contributed by atoms with van der Waals surface area (Å²) in [6.07, 6.45) is -6.95. The van der Waals surface area contributed by atoms with Gasteiger partial charge in [0.15, 0.2) is 17.3 Å². The van der Waals surface area contributed by atoms with Crippen molar-refractivity contribution >= 4 is 5.78 Å². The lowest BCUT2D eigenvalue weighted by molar-refractivity contribution is -0.270. The number of halogens is 4. The highest BCUT2D eigenvalue weighted by molar-refractivity contribution is 5.96. The summed E-state index contributed by atoms with van der Waals surface area (Å²) in [6.45, 7) is 3.96. The molecule has 0 saturated heterocycles. The zero-order valence-corrected chi connectivity index (χ0v) is 27.3. The Kier molecular flexibility index (Phi) is 10.6. The monoisotopic (exact) mass is 682 g/mol. The molecule has 1 aromatic heterocycles. The number of aromatic nitrogens is 1. The van der Waals surface area contributed by atoms with Crippen molar-refractivity contribution in [3.63, 3.8) is 0 Å². The molecule has 2 heterocycles. The lowest BCUT2D eigenvalue weighted by Crippen LogP contribution is -2.44. The fraction of sp³-hybridized carbons (Fsp3) is 0.351. The summed E-state index contributed by atoms with van der Waals surface area (Å²) in [7, 11) is 1.34. The highest BCUT2D eigenvalue weighted by Crippen LogP contribution is 2.49. The van der Waals surface area contributed by atoms with Crippen LogP contribution >= 0.6 is 0 Å². The third kappa shape index (κ3) is 7.56. The lowest BCUT2D eigenvalue weighted by Gasteiger charge is -2.32. The molecule has 3 N–H and O–H groups in total. The second-order valence-electron chi connectivity index (χ2n) is 12.3. The van der Waals surface area contributed by atoms with Gasteiger partial charge in [-0.05, 0) is 67.4 Å². The molecular weight excluding hydrogens is 644 g/mol. The molecule has 0 unspecified atom stereocenters. The molecule has 5 rings (SSSR count). The number of hydrogen-bond donors (Lipinski definition) is 3. The van der Waals surface area contributed by atoms with Gasteiger partial charge in [0.1, 0.15) is 23.9 Å².